The first kappa shape index (κ1) is 25.6. The van der Waals surface area contributed by atoms with Crippen LogP contribution in [0.3, 0.4) is 0 Å². The molecule has 1 atom stereocenters. The molecule has 1 saturated heterocycles. The zero-order chi connectivity index (χ0) is 26.5. The lowest BCUT2D eigenvalue weighted by molar-refractivity contribution is -0.124. The van der Waals surface area contributed by atoms with E-state index in [1.807, 2.05) is 13.0 Å². The van der Waals surface area contributed by atoms with Crippen molar-refractivity contribution in [2.75, 3.05) is 16.8 Å². The summed E-state index contributed by atoms with van der Waals surface area (Å²) in [5.74, 6) is -1.89. The third-order valence-corrected chi connectivity index (χ3v) is 5.90. The van der Waals surface area contributed by atoms with Gasteiger partial charge in [0.05, 0.1) is 24.3 Å². The third-order valence-electron chi connectivity index (χ3n) is 5.90. The second-order valence-corrected chi connectivity index (χ2v) is 8.62. The van der Waals surface area contributed by atoms with Crippen molar-refractivity contribution in [1.82, 2.24) is 4.90 Å². The second-order valence-electron chi connectivity index (χ2n) is 8.62. The predicted octanol–water partition coefficient (Wildman–Crippen LogP) is 4.68. The Morgan fingerprint density at radius 2 is 1.70 bits per heavy atom. The Balaban J connectivity index is 1.54. The summed E-state index contributed by atoms with van der Waals surface area (Å²) in [5, 5.41) is 2.71. The van der Waals surface area contributed by atoms with Crippen LogP contribution < -0.4 is 10.2 Å². The van der Waals surface area contributed by atoms with Crippen LogP contribution in [0.4, 0.5) is 20.6 Å². The molecule has 37 heavy (non-hydrogen) atoms. The number of imide groups is 1. The molecule has 3 aromatic rings. The number of benzene rings is 3. The maximum atomic E-state index is 13.4. The van der Waals surface area contributed by atoms with Crippen LogP contribution in [0.5, 0.6) is 0 Å². The minimum Gasteiger partial charge on any atom is -0.462 e. The molecule has 1 aliphatic rings. The van der Waals surface area contributed by atoms with Gasteiger partial charge in [0.25, 0.3) is 5.91 Å². The van der Waals surface area contributed by atoms with Gasteiger partial charge in [0, 0.05) is 12.2 Å². The fraction of sp³-hybridized carbons (Fsp3) is 0.214. The Bertz CT molecular complexity index is 1320. The average Bonchev–Trinajstić information content (AvgIpc) is 3.09. The van der Waals surface area contributed by atoms with E-state index < -0.39 is 35.7 Å². The van der Waals surface area contributed by atoms with Crippen molar-refractivity contribution in [2.24, 2.45) is 0 Å². The molecule has 0 aromatic heterocycles. The minimum atomic E-state index is -1.06. The van der Waals surface area contributed by atoms with Crippen molar-refractivity contribution in [3.63, 3.8) is 0 Å². The van der Waals surface area contributed by atoms with Gasteiger partial charge >= 0.3 is 12.0 Å². The number of anilines is 2. The summed E-state index contributed by atoms with van der Waals surface area (Å²) < 4.78 is 18.4. The standard InChI is InChI=1S/C28H26FN3O5/c1-3-37-27(35)20-9-13-22(14-10-20)30-25(33)16-24-26(34)32(23-6-4-5-18(2)15-23)28(36)31(24)17-19-7-11-21(29)12-8-19/h4-15,24H,3,16-17H2,1-2H3,(H,30,33). The van der Waals surface area contributed by atoms with Crippen molar-refractivity contribution >= 4 is 35.2 Å². The number of halogens is 1. The molecule has 9 heteroatoms. The van der Waals surface area contributed by atoms with E-state index in [-0.39, 0.29) is 19.6 Å². The molecule has 0 saturated carbocycles. The molecule has 1 fully saturated rings. The van der Waals surface area contributed by atoms with Crippen molar-refractivity contribution < 1.29 is 28.3 Å². The Hall–Kier alpha value is -4.53. The number of carbonyl (C=O) groups excluding carboxylic acids is 4. The molecule has 8 nitrogen and oxygen atoms in total. The van der Waals surface area contributed by atoms with Gasteiger partial charge in [-0.25, -0.2) is 18.9 Å². The van der Waals surface area contributed by atoms with E-state index in [9.17, 15) is 23.6 Å². The van der Waals surface area contributed by atoms with E-state index in [0.29, 0.717) is 22.5 Å². The van der Waals surface area contributed by atoms with Crippen LogP contribution >= 0.6 is 0 Å². The maximum Gasteiger partial charge on any atom is 0.338 e. The number of esters is 1. The third kappa shape index (κ3) is 5.83. The van der Waals surface area contributed by atoms with Gasteiger partial charge in [-0.1, -0.05) is 24.3 Å². The highest BCUT2D eigenvalue weighted by Crippen LogP contribution is 2.29. The van der Waals surface area contributed by atoms with E-state index >= 15 is 0 Å². The van der Waals surface area contributed by atoms with Gasteiger partial charge in [-0.2, -0.15) is 0 Å². The van der Waals surface area contributed by atoms with Gasteiger partial charge in [-0.05, 0) is 73.5 Å². The van der Waals surface area contributed by atoms with E-state index in [2.05, 4.69) is 5.32 Å². The van der Waals surface area contributed by atoms with Gasteiger partial charge in [0.15, 0.2) is 0 Å². The predicted molar refractivity (Wildman–Crippen MR) is 135 cm³/mol. The molecule has 0 spiro atoms. The summed E-state index contributed by atoms with van der Waals surface area (Å²) >= 11 is 0. The lowest BCUT2D eigenvalue weighted by atomic mass is 10.1. The topological polar surface area (TPSA) is 96.0 Å². The molecular weight excluding hydrogens is 477 g/mol. The fourth-order valence-corrected chi connectivity index (χ4v) is 4.10. The van der Waals surface area contributed by atoms with Gasteiger partial charge in [0.1, 0.15) is 11.9 Å². The molecule has 4 rings (SSSR count). The Morgan fingerprint density at radius 3 is 2.35 bits per heavy atom. The Kier molecular flexibility index (Phi) is 7.62. The lowest BCUT2D eigenvalue weighted by Crippen LogP contribution is -2.37. The normalized spacial score (nSPS) is 15.2. The number of nitrogens with zero attached hydrogens (tertiary/aromatic N) is 2. The van der Waals surface area contributed by atoms with Crippen LogP contribution in [0.25, 0.3) is 0 Å². The lowest BCUT2D eigenvalue weighted by Gasteiger charge is -2.21. The first-order valence-electron chi connectivity index (χ1n) is 11.8. The van der Waals surface area contributed by atoms with E-state index in [0.717, 1.165) is 10.5 Å². The van der Waals surface area contributed by atoms with E-state index in [4.69, 9.17) is 4.74 Å². The van der Waals surface area contributed by atoms with Gasteiger partial charge in [0.2, 0.25) is 5.91 Å². The Labute approximate surface area is 213 Å². The number of hydrogen-bond donors (Lipinski definition) is 1. The van der Waals surface area contributed by atoms with Crippen LogP contribution in [0.15, 0.2) is 72.8 Å². The highest BCUT2D eigenvalue weighted by atomic mass is 19.1. The number of ether oxygens (including phenoxy) is 1. The second kappa shape index (κ2) is 11.0. The van der Waals surface area contributed by atoms with Crippen LogP contribution in [-0.4, -0.2) is 41.4 Å². The fourth-order valence-electron chi connectivity index (χ4n) is 4.10. The van der Waals surface area contributed by atoms with Crippen molar-refractivity contribution in [3.05, 3.63) is 95.3 Å². The molecule has 1 aliphatic heterocycles. The summed E-state index contributed by atoms with van der Waals surface area (Å²) in [7, 11) is 0. The van der Waals surface area contributed by atoms with Crippen LogP contribution in [0.2, 0.25) is 0 Å². The summed E-state index contributed by atoms with van der Waals surface area (Å²) in [4.78, 5) is 54.0. The highest BCUT2D eigenvalue weighted by Gasteiger charge is 2.46. The largest absolute Gasteiger partial charge is 0.462 e. The number of nitrogens with one attached hydrogen (secondary N) is 1. The zero-order valence-corrected chi connectivity index (χ0v) is 20.4. The first-order valence-corrected chi connectivity index (χ1v) is 11.8. The van der Waals surface area contributed by atoms with Gasteiger partial charge < -0.3 is 15.0 Å². The average molecular weight is 504 g/mol. The zero-order valence-electron chi connectivity index (χ0n) is 20.4. The molecular formula is C28H26FN3O5. The first-order chi connectivity index (χ1) is 17.8. The number of urea groups is 1. The summed E-state index contributed by atoms with van der Waals surface area (Å²) in [6.45, 7) is 3.84. The van der Waals surface area contributed by atoms with Crippen LogP contribution in [0.1, 0.15) is 34.8 Å². The van der Waals surface area contributed by atoms with Crippen molar-refractivity contribution in [1.29, 1.82) is 0 Å². The number of amides is 4. The van der Waals surface area contributed by atoms with E-state index in [1.165, 1.54) is 41.3 Å². The molecule has 1 heterocycles. The molecule has 1 N–H and O–H groups in total. The molecule has 1 unspecified atom stereocenters. The molecule has 4 amide bonds. The van der Waals surface area contributed by atoms with E-state index in [1.54, 1.807) is 37.3 Å². The maximum absolute atomic E-state index is 13.4. The monoisotopic (exact) mass is 503 g/mol. The molecule has 0 aliphatic carbocycles. The molecule has 0 bridgehead atoms. The Morgan fingerprint density at radius 1 is 1.00 bits per heavy atom. The van der Waals surface area contributed by atoms with Crippen LogP contribution in [0, 0.1) is 12.7 Å². The molecule has 0 radical (unpaired) electrons. The quantitative estimate of drug-likeness (QED) is 0.356. The number of aryl methyl sites for hydroxylation is 1. The van der Waals surface area contributed by atoms with Crippen molar-refractivity contribution in [3.8, 4) is 0 Å². The minimum absolute atomic E-state index is 0.0271. The van der Waals surface area contributed by atoms with Gasteiger partial charge in [-0.15, -0.1) is 0 Å². The van der Waals surface area contributed by atoms with Crippen LogP contribution in [-0.2, 0) is 20.9 Å². The number of hydrogen-bond acceptors (Lipinski definition) is 5. The SMILES string of the molecule is CCOC(=O)c1ccc(NC(=O)CC2C(=O)N(c3cccc(C)c3)C(=O)N2Cc2ccc(F)cc2)cc1. The highest BCUT2D eigenvalue weighted by molar-refractivity contribution is 6.22. The molecule has 3 aromatic carbocycles. The number of carbonyl (C=O) groups is 4. The van der Waals surface area contributed by atoms with Gasteiger partial charge in [-0.3, -0.25) is 9.59 Å². The summed E-state index contributed by atoms with van der Waals surface area (Å²) in [5.41, 5.74) is 2.67. The smallest absolute Gasteiger partial charge is 0.338 e. The molecule has 190 valence electrons. The van der Waals surface area contributed by atoms with Crippen molar-refractivity contribution in [2.45, 2.75) is 32.9 Å². The summed E-state index contributed by atoms with van der Waals surface area (Å²) in [6, 6.07) is 17.1. The summed E-state index contributed by atoms with van der Waals surface area (Å²) in [6.07, 6.45) is -0.284. The number of rotatable bonds is 8.